The van der Waals surface area contributed by atoms with E-state index < -0.39 is 5.97 Å². The number of esters is 1. The number of rotatable bonds is 5. The van der Waals surface area contributed by atoms with Crippen LogP contribution in [-0.2, 0) is 9.47 Å². The van der Waals surface area contributed by atoms with Crippen molar-refractivity contribution in [2.75, 3.05) is 38.4 Å². The maximum Gasteiger partial charge on any atom is 0.340 e. The van der Waals surface area contributed by atoms with Gasteiger partial charge in [0.15, 0.2) is 0 Å². The predicted octanol–water partition coefficient (Wildman–Crippen LogP) is 1.53. The molecule has 1 unspecified atom stereocenters. The summed E-state index contributed by atoms with van der Waals surface area (Å²) in [5, 5.41) is 0. The van der Waals surface area contributed by atoms with Gasteiger partial charge in [0.2, 0.25) is 0 Å². The van der Waals surface area contributed by atoms with Crippen LogP contribution in [0.4, 0.5) is 11.4 Å². The van der Waals surface area contributed by atoms with Crippen LogP contribution in [0.5, 0.6) is 0 Å². The molecule has 0 saturated carbocycles. The van der Waals surface area contributed by atoms with Gasteiger partial charge in [-0.1, -0.05) is 0 Å². The van der Waals surface area contributed by atoms with E-state index in [0.717, 1.165) is 5.69 Å². The van der Waals surface area contributed by atoms with Gasteiger partial charge in [-0.2, -0.15) is 0 Å². The van der Waals surface area contributed by atoms with Crippen molar-refractivity contribution in [1.29, 1.82) is 0 Å². The summed E-state index contributed by atoms with van der Waals surface area (Å²) < 4.78 is 10.2. The highest BCUT2D eigenvalue weighted by molar-refractivity contribution is 5.96. The first-order chi connectivity index (χ1) is 8.45. The van der Waals surface area contributed by atoms with Gasteiger partial charge in [-0.15, -0.1) is 0 Å². The minimum Gasteiger partial charge on any atom is -0.459 e. The number of nitrogens with zero attached hydrogens (tertiary/aromatic N) is 1. The summed E-state index contributed by atoms with van der Waals surface area (Å²) in [4.78, 5) is 13.8. The second-order valence-corrected chi connectivity index (χ2v) is 4.32. The van der Waals surface area contributed by atoms with Gasteiger partial charge in [-0.3, -0.25) is 0 Å². The van der Waals surface area contributed by atoms with Crippen LogP contribution in [0.1, 0.15) is 17.3 Å². The maximum absolute atomic E-state index is 12.0. The summed E-state index contributed by atoms with van der Waals surface area (Å²) in [5.41, 5.74) is 7.47. The van der Waals surface area contributed by atoms with Crippen molar-refractivity contribution < 1.29 is 14.3 Å². The predicted molar refractivity (Wildman–Crippen MR) is 71.9 cm³/mol. The van der Waals surface area contributed by atoms with E-state index in [1.165, 1.54) is 0 Å². The molecule has 0 aliphatic carbocycles. The van der Waals surface area contributed by atoms with Gasteiger partial charge in [0.25, 0.3) is 0 Å². The Bertz CT molecular complexity index is 419. The van der Waals surface area contributed by atoms with E-state index in [0.29, 0.717) is 11.3 Å². The molecular formula is C13H20N2O3. The SMILES string of the molecule is COC(C)COC(=O)c1cc(N)ccc1N(C)C. The zero-order valence-electron chi connectivity index (χ0n) is 11.3. The lowest BCUT2D eigenvalue weighted by Gasteiger charge is -2.18. The Balaban J connectivity index is 2.87. The van der Waals surface area contributed by atoms with Crippen LogP contribution in [0.15, 0.2) is 18.2 Å². The summed E-state index contributed by atoms with van der Waals surface area (Å²) in [6, 6.07) is 5.17. The molecule has 1 aromatic carbocycles. The summed E-state index contributed by atoms with van der Waals surface area (Å²) in [6.45, 7) is 2.05. The first kappa shape index (κ1) is 14.3. The van der Waals surface area contributed by atoms with Crippen LogP contribution in [-0.4, -0.2) is 39.9 Å². The van der Waals surface area contributed by atoms with Crippen LogP contribution < -0.4 is 10.6 Å². The molecule has 0 spiro atoms. The van der Waals surface area contributed by atoms with Crippen molar-refractivity contribution in [1.82, 2.24) is 0 Å². The van der Waals surface area contributed by atoms with Crippen molar-refractivity contribution in [3.63, 3.8) is 0 Å². The highest BCUT2D eigenvalue weighted by Gasteiger charge is 2.15. The van der Waals surface area contributed by atoms with E-state index in [9.17, 15) is 4.79 Å². The topological polar surface area (TPSA) is 64.8 Å². The van der Waals surface area contributed by atoms with Crippen LogP contribution in [0, 0.1) is 0 Å². The first-order valence-electron chi connectivity index (χ1n) is 5.72. The Morgan fingerprint density at radius 3 is 2.67 bits per heavy atom. The molecule has 18 heavy (non-hydrogen) atoms. The number of carbonyl (C=O) groups is 1. The smallest absolute Gasteiger partial charge is 0.340 e. The molecule has 5 heteroatoms. The molecule has 0 bridgehead atoms. The van der Waals surface area contributed by atoms with Gasteiger partial charge in [-0.25, -0.2) is 4.79 Å². The number of methoxy groups -OCH3 is 1. The van der Waals surface area contributed by atoms with Crippen molar-refractivity contribution in [2.45, 2.75) is 13.0 Å². The number of nitrogen functional groups attached to an aromatic ring is 1. The van der Waals surface area contributed by atoms with Crippen molar-refractivity contribution in [3.05, 3.63) is 23.8 Å². The third-order valence-corrected chi connectivity index (χ3v) is 2.57. The molecule has 100 valence electrons. The normalized spacial score (nSPS) is 12.0. The number of benzene rings is 1. The van der Waals surface area contributed by atoms with Crippen LogP contribution >= 0.6 is 0 Å². The average Bonchev–Trinajstić information content (AvgIpc) is 2.34. The third kappa shape index (κ3) is 3.63. The monoisotopic (exact) mass is 252 g/mol. The number of anilines is 2. The number of ether oxygens (including phenoxy) is 2. The third-order valence-electron chi connectivity index (χ3n) is 2.57. The van der Waals surface area contributed by atoms with Gasteiger partial charge in [-0.05, 0) is 25.1 Å². The molecule has 1 aromatic rings. The summed E-state index contributed by atoms with van der Waals surface area (Å²) in [6.07, 6.45) is -0.127. The second kappa shape index (κ2) is 6.26. The molecule has 0 radical (unpaired) electrons. The molecule has 0 amide bonds. The molecule has 0 heterocycles. The second-order valence-electron chi connectivity index (χ2n) is 4.32. The summed E-state index contributed by atoms with van der Waals surface area (Å²) in [7, 11) is 5.30. The molecule has 0 aliphatic rings. The zero-order chi connectivity index (χ0) is 13.7. The fraction of sp³-hybridized carbons (Fsp3) is 0.462. The number of hydrogen-bond acceptors (Lipinski definition) is 5. The van der Waals surface area contributed by atoms with Crippen molar-refractivity contribution >= 4 is 17.3 Å². The lowest BCUT2D eigenvalue weighted by molar-refractivity contribution is 0.0170. The minimum absolute atomic E-state index is 0.127. The van der Waals surface area contributed by atoms with Crippen LogP contribution in [0.2, 0.25) is 0 Å². The number of carbonyl (C=O) groups excluding carboxylic acids is 1. The van der Waals surface area contributed by atoms with Crippen LogP contribution in [0.25, 0.3) is 0 Å². The summed E-state index contributed by atoms with van der Waals surface area (Å²) in [5.74, 6) is -0.394. The van der Waals surface area contributed by atoms with Gasteiger partial charge >= 0.3 is 5.97 Å². The first-order valence-corrected chi connectivity index (χ1v) is 5.72. The fourth-order valence-electron chi connectivity index (χ4n) is 1.45. The van der Waals surface area contributed by atoms with Gasteiger partial charge in [0.05, 0.1) is 17.4 Å². The van der Waals surface area contributed by atoms with E-state index in [-0.39, 0.29) is 12.7 Å². The Morgan fingerprint density at radius 1 is 1.44 bits per heavy atom. The Kier molecular flexibility index (Phi) is 4.97. The number of nitrogens with two attached hydrogens (primary N) is 1. The molecule has 0 aliphatic heterocycles. The standard InChI is InChI=1S/C13H20N2O3/c1-9(17-4)8-18-13(16)11-7-10(14)5-6-12(11)15(2)3/h5-7,9H,8,14H2,1-4H3. The average molecular weight is 252 g/mol. The fourth-order valence-corrected chi connectivity index (χ4v) is 1.45. The molecule has 0 aromatic heterocycles. The Labute approximate surface area is 107 Å². The molecule has 2 N–H and O–H groups in total. The highest BCUT2D eigenvalue weighted by atomic mass is 16.6. The quantitative estimate of drug-likeness (QED) is 0.636. The lowest BCUT2D eigenvalue weighted by Crippen LogP contribution is -2.20. The Hall–Kier alpha value is -1.75. The van der Waals surface area contributed by atoms with Gasteiger partial charge < -0.3 is 20.1 Å². The number of hydrogen-bond donors (Lipinski definition) is 1. The lowest BCUT2D eigenvalue weighted by atomic mass is 10.1. The largest absolute Gasteiger partial charge is 0.459 e. The van der Waals surface area contributed by atoms with E-state index >= 15 is 0 Å². The molecular weight excluding hydrogens is 232 g/mol. The molecule has 1 rings (SSSR count). The van der Waals surface area contributed by atoms with E-state index in [1.807, 2.05) is 25.9 Å². The van der Waals surface area contributed by atoms with Crippen molar-refractivity contribution in [3.8, 4) is 0 Å². The molecule has 1 atom stereocenters. The highest BCUT2D eigenvalue weighted by Crippen LogP contribution is 2.22. The van der Waals surface area contributed by atoms with Gasteiger partial charge in [0.1, 0.15) is 6.61 Å². The maximum atomic E-state index is 12.0. The van der Waals surface area contributed by atoms with Crippen LogP contribution in [0.3, 0.4) is 0 Å². The summed E-state index contributed by atoms with van der Waals surface area (Å²) >= 11 is 0. The molecule has 5 nitrogen and oxygen atoms in total. The van der Waals surface area contributed by atoms with E-state index in [4.69, 9.17) is 15.2 Å². The van der Waals surface area contributed by atoms with Gasteiger partial charge in [0, 0.05) is 26.9 Å². The molecule has 0 fully saturated rings. The minimum atomic E-state index is -0.394. The van der Waals surface area contributed by atoms with E-state index in [2.05, 4.69) is 0 Å². The molecule has 0 saturated heterocycles. The zero-order valence-corrected chi connectivity index (χ0v) is 11.3. The van der Waals surface area contributed by atoms with E-state index in [1.54, 1.807) is 25.3 Å². The Morgan fingerprint density at radius 2 is 2.11 bits per heavy atom. The van der Waals surface area contributed by atoms with Crippen molar-refractivity contribution in [2.24, 2.45) is 0 Å².